The van der Waals surface area contributed by atoms with Crippen LogP contribution in [0.5, 0.6) is 0 Å². The fourth-order valence-electron chi connectivity index (χ4n) is 2.64. The molecule has 15 heavy (non-hydrogen) atoms. The van der Waals surface area contributed by atoms with Crippen molar-refractivity contribution in [3.05, 3.63) is 0 Å². The zero-order chi connectivity index (χ0) is 10.7. The number of piperidine rings is 1. The van der Waals surface area contributed by atoms with E-state index in [1.54, 1.807) is 0 Å². The molecule has 0 amide bonds. The Kier molecular flexibility index (Phi) is 3.28. The van der Waals surface area contributed by atoms with Crippen LogP contribution in [0.4, 0.5) is 0 Å². The maximum absolute atomic E-state index is 9.30. The quantitative estimate of drug-likeness (QED) is 0.762. The summed E-state index contributed by atoms with van der Waals surface area (Å²) in [7, 11) is 0. The number of nitrogens with zero attached hydrogens (tertiary/aromatic N) is 2. The van der Waals surface area contributed by atoms with Gasteiger partial charge in [0.1, 0.15) is 0 Å². The summed E-state index contributed by atoms with van der Waals surface area (Å²) < 4.78 is 0. The smallest absolute Gasteiger partial charge is 0.0628 e. The van der Waals surface area contributed by atoms with Crippen LogP contribution >= 0.6 is 0 Å². The lowest BCUT2D eigenvalue weighted by Crippen LogP contribution is -2.44. The number of aliphatic hydroxyl groups is 1. The molecule has 1 aliphatic heterocycles. The molecule has 0 bridgehead atoms. The van der Waals surface area contributed by atoms with Crippen LogP contribution in [0.25, 0.3) is 0 Å². The molecule has 1 N–H and O–H groups in total. The van der Waals surface area contributed by atoms with Gasteiger partial charge in [-0.2, -0.15) is 5.26 Å². The summed E-state index contributed by atoms with van der Waals surface area (Å²) in [4.78, 5) is 2.41. The molecule has 1 saturated heterocycles. The van der Waals surface area contributed by atoms with E-state index in [1.165, 1.54) is 25.7 Å². The maximum atomic E-state index is 9.30. The number of rotatable bonds is 4. The standard InChI is InChI=1S/C12H20N2O/c13-7-6-12(4-5-12)10-14-8-2-1-3-11(14)9-15/h11,15H,1-6,8-10H2. The van der Waals surface area contributed by atoms with E-state index in [1.807, 2.05) is 0 Å². The van der Waals surface area contributed by atoms with Gasteiger partial charge < -0.3 is 5.11 Å². The van der Waals surface area contributed by atoms with E-state index in [9.17, 15) is 5.11 Å². The van der Waals surface area contributed by atoms with Crippen molar-refractivity contribution in [3.63, 3.8) is 0 Å². The van der Waals surface area contributed by atoms with Crippen LogP contribution in [-0.2, 0) is 0 Å². The van der Waals surface area contributed by atoms with Crippen LogP contribution in [0.1, 0.15) is 38.5 Å². The molecule has 3 nitrogen and oxygen atoms in total. The number of likely N-dealkylation sites (tertiary alicyclic amines) is 1. The topological polar surface area (TPSA) is 47.3 Å². The Morgan fingerprint density at radius 3 is 2.80 bits per heavy atom. The molecule has 2 aliphatic rings. The fourth-order valence-corrected chi connectivity index (χ4v) is 2.64. The summed E-state index contributed by atoms with van der Waals surface area (Å²) >= 11 is 0. The van der Waals surface area contributed by atoms with Gasteiger partial charge in [0.2, 0.25) is 0 Å². The predicted octanol–water partition coefficient (Wildman–Crippen LogP) is 1.53. The molecule has 2 fully saturated rings. The van der Waals surface area contributed by atoms with Crippen molar-refractivity contribution < 1.29 is 5.11 Å². The van der Waals surface area contributed by atoms with Gasteiger partial charge in [0, 0.05) is 19.0 Å². The monoisotopic (exact) mass is 208 g/mol. The molecule has 1 aliphatic carbocycles. The highest BCUT2D eigenvalue weighted by Crippen LogP contribution is 2.49. The minimum absolute atomic E-state index is 0.280. The molecule has 3 heteroatoms. The van der Waals surface area contributed by atoms with Crippen molar-refractivity contribution in [1.29, 1.82) is 5.26 Å². The van der Waals surface area contributed by atoms with Crippen LogP contribution in [0, 0.1) is 16.7 Å². The number of hydrogen-bond donors (Lipinski definition) is 1. The van der Waals surface area contributed by atoms with Gasteiger partial charge in [0.25, 0.3) is 0 Å². The zero-order valence-corrected chi connectivity index (χ0v) is 9.28. The van der Waals surface area contributed by atoms with Crippen molar-refractivity contribution in [3.8, 4) is 6.07 Å². The Morgan fingerprint density at radius 1 is 1.40 bits per heavy atom. The molecule has 0 radical (unpaired) electrons. The second-order valence-corrected chi connectivity index (χ2v) is 5.14. The molecule has 1 atom stereocenters. The Balaban J connectivity index is 1.89. The first-order chi connectivity index (χ1) is 7.29. The van der Waals surface area contributed by atoms with Gasteiger partial charge in [0.15, 0.2) is 0 Å². The van der Waals surface area contributed by atoms with E-state index in [0.717, 1.165) is 19.5 Å². The van der Waals surface area contributed by atoms with Crippen molar-refractivity contribution in [1.82, 2.24) is 4.90 Å². The second kappa shape index (κ2) is 4.51. The lowest BCUT2D eigenvalue weighted by molar-refractivity contribution is 0.0723. The third-order valence-corrected chi connectivity index (χ3v) is 3.91. The van der Waals surface area contributed by atoms with Crippen molar-refractivity contribution in [2.75, 3.05) is 19.7 Å². The van der Waals surface area contributed by atoms with E-state index < -0.39 is 0 Å². The van der Waals surface area contributed by atoms with Crippen molar-refractivity contribution in [2.45, 2.75) is 44.6 Å². The summed E-state index contributed by atoms with van der Waals surface area (Å²) in [5.74, 6) is 0. The lowest BCUT2D eigenvalue weighted by atomic mass is 9.97. The fraction of sp³-hybridized carbons (Fsp3) is 0.917. The molecule has 0 spiro atoms. The van der Waals surface area contributed by atoms with Gasteiger partial charge in [-0.15, -0.1) is 0 Å². The largest absolute Gasteiger partial charge is 0.395 e. The van der Waals surface area contributed by atoms with E-state index in [-0.39, 0.29) is 6.61 Å². The number of nitriles is 1. The molecule has 0 aromatic carbocycles. The molecule has 2 rings (SSSR count). The Labute approximate surface area is 91.7 Å². The van der Waals surface area contributed by atoms with Gasteiger partial charge in [-0.1, -0.05) is 6.42 Å². The predicted molar refractivity (Wildman–Crippen MR) is 58.2 cm³/mol. The van der Waals surface area contributed by atoms with Gasteiger partial charge in [-0.05, 0) is 37.6 Å². The minimum atomic E-state index is 0.280. The van der Waals surface area contributed by atoms with Crippen LogP contribution < -0.4 is 0 Å². The van der Waals surface area contributed by atoms with E-state index in [2.05, 4.69) is 11.0 Å². The second-order valence-electron chi connectivity index (χ2n) is 5.14. The van der Waals surface area contributed by atoms with E-state index in [4.69, 9.17) is 5.26 Å². The van der Waals surface area contributed by atoms with Crippen LogP contribution in [0.2, 0.25) is 0 Å². The van der Waals surface area contributed by atoms with E-state index >= 15 is 0 Å². The van der Waals surface area contributed by atoms with Gasteiger partial charge in [0.05, 0.1) is 12.7 Å². The van der Waals surface area contributed by atoms with Crippen molar-refractivity contribution in [2.24, 2.45) is 5.41 Å². The van der Waals surface area contributed by atoms with Crippen molar-refractivity contribution >= 4 is 0 Å². The zero-order valence-electron chi connectivity index (χ0n) is 9.28. The lowest BCUT2D eigenvalue weighted by Gasteiger charge is -2.36. The van der Waals surface area contributed by atoms with Crippen LogP contribution in [0.15, 0.2) is 0 Å². The first-order valence-corrected chi connectivity index (χ1v) is 6.01. The third-order valence-electron chi connectivity index (χ3n) is 3.91. The summed E-state index contributed by atoms with van der Waals surface area (Å²) in [5.41, 5.74) is 0.291. The van der Waals surface area contributed by atoms with Gasteiger partial charge in [-0.3, -0.25) is 4.90 Å². The van der Waals surface area contributed by atoms with E-state index in [0.29, 0.717) is 17.9 Å². The summed E-state index contributed by atoms with van der Waals surface area (Å²) in [5, 5.41) is 18.1. The average Bonchev–Trinajstić information content (AvgIpc) is 2.99. The molecule has 1 saturated carbocycles. The normalized spacial score (nSPS) is 29.7. The Morgan fingerprint density at radius 2 is 2.20 bits per heavy atom. The summed E-state index contributed by atoms with van der Waals surface area (Å²) in [6.07, 6.45) is 6.72. The third kappa shape index (κ3) is 2.50. The molecule has 84 valence electrons. The average molecular weight is 208 g/mol. The van der Waals surface area contributed by atoms with Gasteiger partial charge in [-0.25, -0.2) is 0 Å². The molecular formula is C12H20N2O. The molecule has 0 aromatic heterocycles. The number of aliphatic hydroxyl groups excluding tert-OH is 1. The molecule has 1 unspecified atom stereocenters. The minimum Gasteiger partial charge on any atom is -0.395 e. The summed E-state index contributed by atoms with van der Waals surface area (Å²) in [6.45, 7) is 2.42. The molecule has 0 aromatic rings. The maximum Gasteiger partial charge on any atom is 0.0628 e. The first-order valence-electron chi connectivity index (χ1n) is 6.01. The first kappa shape index (κ1) is 10.9. The highest BCUT2D eigenvalue weighted by Gasteiger charge is 2.44. The van der Waals surface area contributed by atoms with Crippen LogP contribution in [0.3, 0.4) is 0 Å². The number of hydrogen-bond acceptors (Lipinski definition) is 3. The highest BCUT2D eigenvalue weighted by molar-refractivity contribution is 5.02. The molecule has 1 heterocycles. The Bertz CT molecular complexity index is 255. The van der Waals surface area contributed by atoms with Crippen LogP contribution in [-0.4, -0.2) is 35.7 Å². The van der Waals surface area contributed by atoms with Gasteiger partial charge >= 0.3 is 0 Å². The highest BCUT2D eigenvalue weighted by atomic mass is 16.3. The summed E-state index contributed by atoms with van der Waals surface area (Å²) in [6, 6.07) is 2.66. The molecular weight excluding hydrogens is 188 g/mol. The SMILES string of the molecule is N#CCC1(CN2CCCCC2CO)CC1. The Hall–Kier alpha value is -0.590.